The molecule has 3 rings (SSSR count). The van der Waals surface area contributed by atoms with Crippen molar-refractivity contribution in [2.45, 2.75) is 82.7 Å². The van der Waals surface area contributed by atoms with E-state index in [0.29, 0.717) is 17.9 Å². The first-order valence-corrected chi connectivity index (χ1v) is 8.91. The molecule has 2 fully saturated rings. The molecule has 1 aliphatic heterocycles. The number of nitrogens with zero attached hydrogens (tertiary/aromatic N) is 2. The molecule has 4 nitrogen and oxygen atoms in total. The molecule has 0 amide bonds. The number of amidine groups is 1. The third kappa shape index (κ3) is 3.24. The van der Waals surface area contributed by atoms with Gasteiger partial charge < -0.3 is 5.11 Å². The second-order valence-corrected chi connectivity index (χ2v) is 6.95. The normalized spacial score (nSPS) is 26.2. The maximum Gasteiger partial charge on any atom is 0.418 e. The molecular weight excluding hydrogens is 264 g/mol. The standard InChI is InChI=1S/C17H28N2O2/c20-17(21)16-18(14-8-3-1-4-9-14)12-7-13-19(16)15-10-5-2-6-11-15/h14-15H,1-13H2/p+1. The van der Waals surface area contributed by atoms with E-state index in [2.05, 4.69) is 9.48 Å². The summed E-state index contributed by atoms with van der Waals surface area (Å²) in [7, 11) is 0. The van der Waals surface area contributed by atoms with Crippen LogP contribution < -0.4 is 0 Å². The van der Waals surface area contributed by atoms with Gasteiger partial charge in [0.1, 0.15) is 0 Å². The number of carboxylic acids is 1. The third-order valence-electron chi connectivity index (χ3n) is 5.56. The Kier molecular flexibility index (Phi) is 4.81. The summed E-state index contributed by atoms with van der Waals surface area (Å²) in [5.74, 6) is -0.0779. The summed E-state index contributed by atoms with van der Waals surface area (Å²) in [5.41, 5.74) is 0. The fourth-order valence-electron chi connectivity index (χ4n) is 4.53. The molecule has 2 aliphatic carbocycles. The minimum absolute atomic E-state index is 0.469. The molecule has 118 valence electrons. The number of hydrogen-bond donors (Lipinski definition) is 1. The molecule has 0 saturated heterocycles. The molecule has 0 aromatic heterocycles. The SMILES string of the molecule is O=C(O)C1=[N+](C2CCCCC2)CCCN1C1CCCCC1. The molecule has 0 bridgehead atoms. The summed E-state index contributed by atoms with van der Waals surface area (Å²) in [6.07, 6.45) is 13.5. The summed E-state index contributed by atoms with van der Waals surface area (Å²) in [6, 6.07) is 0.937. The first kappa shape index (κ1) is 14.9. The van der Waals surface area contributed by atoms with Crippen molar-refractivity contribution >= 4 is 11.8 Å². The fraction of sp³-hybridized carbons (Fsp3) is 0.882. The summed E-state index contributed by atoms with van der Waals surface area (Å²) < 4.78 is 2.25. The Hall–Kier alpha value is -1.06. The molecule has 1 heterocycles. The lowest BCUT2D eigenvalue weighted by Crippen LogP contribution is -2.55. The summed E-state index contributed by atoms with van der Waals surface area (Å²) in [4.78, 5) is 14.2. The molecule has 0 aromatic carbocycles. The first-order chi connectivity index (χ1) is 10.3. The number of hydrogen-bond acceptors (Lipinski definition) is 2. The van der Waals surface area contributed by atoms with Gasteiger partial charge >= 0.3 is 11.8 Å². The minimum Gasteiger partial charge on any atom is -0.472 e. The predicted octanol–water partition coefficient (Wildman–Crippen LogP) is 2.85. The van der Waals surface area contributed by atoms with Crippen molar-refractivity contribution in [3.05, 3.63) is 0 Å². The van der Waals surface area contributed by atoms with Gasteiger partial charge in [-0.15, -0.1) is 0 Å². The highest BCUT2D eigenvalue weighted by atomic mass is 16.4. The van der Waals surface area contributed by atoms with Gasteiger partial charge in [0.05, 0.1) is 25.2 Å². The van der Waals surface area contributed by atoms with Crippen molar-refractivity contribution < 1.29 is 14.5 Å². The molecule has 4 heteroatoms. The Bertz CT molecular complexity index is 407. The molecule has 1 N–H and O–H groups in total. The van der Waals surface area contributed by atoms with Crippen LogP contribution in [0.2, 0.25) is 0 Å². The van der Waals surface area contributed by atoms with E-state index in [1.807, 2.05) is 0 Å². The fourth-order valence-corrected chi connectivity index (χ4v) is 4.53. The second-order valence-electron chi connectivity index (χ2n) is 6.95. The van der Waals surface area contributed by atoms with Gasteiger partial charge in [-0.3, -0.25) is 9.48 Å². The van der Waals surface area contributed by atoms with Crippen LogP contribution in [0.15, 0.2) is 0 Å². The average Bonchev–Trinajstić information content (AvgIpc) is 2.55. The highest BCUT2D eigenvalue weighted by molar-refractivity contribution is 6.32. The van der Waals surface area contributed by atoms with Crippen LogP contribution in [0.5, 0.6) is 0 Å². The van der Waals surface area contributed by atoms with Crippen molar-refractivity contribution in [3.63, 3.8) is 0 Å². The van der Waals surface area contributed by atoms with Gasteiger partial charge in [0.2, 0.25) is 0 Å². The van der Waals surface area contributed by atoms with Crippen molar-refractivity contribution in [2.75, 3.05) is 13.1 Å². The Morgan fingerprint density at radius 3 is 2.19 bits per heavy atom. The monoisotopic (exact) mass is 293 g/mol. The van der Waals surface area contributed by atoms with E-state index < -0.39 is 5.97 Å². The van der Waals surface area contributed by atoms with Crippen LogP contribution in [0, 0.1) is 0 Å². The predicted molar refractivity (Wildman–Crippen MR) is 82.8 cm³/mol. The van der Waals surface area contributed by atoms with Crippen molar-refractivity contribution in [1.82, 2.24) is 4.90 Å². The van der Waals surface area contributed by atoms with Crippen LogP contribution in [-0.4, -0.2) is 51.6 Å². The zero-order valence-electron chi connectivity index (χ0n) is 13.1. The second kappa shape index (κ2) is 6.80. The first-order valence-electron chi connectivity index (χ1n) is 8.91. The van der Waals surface area contributed by atoms with E-state index in [1.54, 1.807) is 0 Å². The number of aliphatic carboxylic acids is 1. The lowest BCUT2D eigenvalue weighted by Gasteiger charge is -2.35. The van der Waals surface area contributed by atoms with E-state index in [-0.39, 0.29) is 0 Å². The molecular formula is C17H29N2O2+. The van der Waals surface area contributed by atoms with Gasteiger partial charge in [-0.1, -0.05) is 12.8 Å². The van der Waals surface area contributed by atoms with Crippen LogP contribution in [-0.2, 0) is 4.79 Å². The number of rotatable bonds is 3. The summed E-state index contributed by atoms with van der Waals surface area (Å²) in [6.45, 7) is 1.88. The molecule has 0 spiro atoms. The van der Waals surface area contributed by atoms with E-state index in [4.69, 9.17) is 0 Å². The third-order valence-corrected chi connectivity index (χ3v) is 5.56. The van der Waals surface area contributed by atoms with Gasteiger partial charge in [-0.2, -0.15) is 0 Å². The van der Waals surface area contributed by atoms with Crippen molar-refractivity contribution in [1.29, 1.82) is 0 Å². The zero-order chi connectivity index (χ0) is 14.7. The molecule has 3 aliphatic rings. The highest BCUT2D eigenvalue weighted by Gasteiger charge is 2.41. The number of carboxylic acid groups (broad SMARTS) is 1. The Morgan fingerprint density at radius 2 is 1.57 bits per heavy atom. The minimum atomic E-state index is -0.703. The zero-order valence-corrected chi connectivity index (χ0v) is 13.1. The van der Waals surface area contributed by atoms with Gasteiger partial charge in [0, 0.05) is 6.42 Å². The largest absolute Gasteiger partial charge is 0.472 e. The maximum absolute atomic E-state index is 11.9. The summed E-state index contributed by atoms with van der Waals surface area (Å²) in [5, 5.41) is 9.82. The Morgan fingerprint density at radius 1 is 0.952 bits per heavy atom. The number of carbonyl (C=O) groups is 1. The van der Waals surface area contributed by atoms with E-state index >= 15 is 0 Å². The average molecular weight is 293 g/mol. The smallest absolute Gasteiger partial charge is 0.418 e. The maximum atomic E-state index is 11.9. The highest BCUT2D eigenvalue weighted by Crippen LogP contribution is 2.27. The van der Waals surface area contributed by atoms with Crippen LogP contribution in [0.3, 0.4) is 0 Å². The summed E-state index contributed by atoms with van der Waals surface area (Å²) >= 11 is 0. The molecule has 0 atom stereocenters. The van der Waals surface area contributed by atoms with Crippen LogP contribution in [0.4, 0.5) is 0 Å². The molecule has 0 unspecified atom stereocenters. The van der Waals surface area contributed by atoms with Crippen LogP contribution >= 0.6 is 0 Å². The van der Waals surface area contributed by atoms with Crippen LogP contribution in [0.25, 0.3) is 0 Å². The van der Waals surface area contributed by atoms with Gasteiger partial charge in [-0.25, -0.2) is 4.79 Å². The van der Waals surface area contributed by atoms with Crippen molar-refractivity contribution in [2.24, 2.45) is 0 Å². The molecule has 2 saturated carbocycles. The van der Waals surface area contributed by atoms with Gasteiger partial charge in [0.15, 0.2) is 0 Å². The quantitative estimate of drug-likeness (QED) is 0.814. The molecule has 0 radical (unpaired) electrons. The van der Waals surface area contributed by atoms with Gasteiger partial charge in [-0.05, 0) is 51.4 Å². The van der Waals surface area contributed by atoms with Crippen LogP contribution in [0.1, 0.15) is 70.6 Å². The molecule has 0 aromatic rings. The van der Waals surface area contributed by atoms with E-state index in [0.717, 1.165) is 19.5 Å². The molecule has 21 heavy (non-hydrogen) atoms. The Labute approximate surface area is 127 Å². The topological polar surface area (TPSA) is 43.5 Å². The van der Waals surface area contributed by atoms with Crippen molar-refractivity contribution in [3.8, 4) is 0 Å². The Balaban J connectivity index is 1.86. The lowest BCUT2D eigenvalue weighted by molar-refractivity contribution is -0.578. The van der Waals surface area contributed by atoms with Gasteiger partial charge in [0.25, 0.3) is 0 Å². The lowest BCUT2D eigenvalue weighted by atomic mass is 9.92. The van der Waals surface area contributed by atoms with E-state index in [1.165, 1.54) is 64.2 Å². The van der Waals surface area contributed by atoms with E-state index in [9.17, 15) is 9.90 Å².